The van der Waals surface area contributed by atoms with E-state index in [4.69, 9.17) is 9.72 Å². The fourth-order valence-electron chi connectivity index (χ4n) is 5.34. The lowest BCUT2D eigenvalue weighted by Crippen LogP contribution is -2.43. The molecule has 11 heteroatoms. The van der Waals surface area contributed by atoms with Gasteiger partial charge in [0.05, 0.1) is 34.0 Å². The number of thiazole rings is 1. The van der Waals surface area contributed by atoms with Crippen LogP contribution in [0.1, 0.15) is 22.3 Å². The summed E-state index contributed by atoms with van der Waals surface area (Å²) in [5.74, 6) is -0.199. The average molecular weight is 609 g/mol. The van der Waals surface area contributed by atoms with Crippen molar-refractivity contribution in [1.29, 1.82) is 0 Å². The van der Waals surface area contributed by atoms with Crippen LogP contribution in [0.4, 0.5) is 10.8 Å². The Morgan fingerprint density at radius 3 is 2.59 bits per heavy atom. The highest BCUT2D eigenvalue weighted by atomic mass is 32.2. The molecule has 2 aliphatic heterocycles. The van der Waals surface area contributed by atoms with Crippen molar-refractivity contribution in [2.24, 2.45) is 0 Å². The highest BCUT2D eigenvalue weighted by Gasteiger charge is 2.30. The SMILES string of the molecule is CSc1cccc2sc(N(CCN3CCOCC3)C(=O)c3ccc(S(=O)(=O)N4CCCc5ccccc54)cc3)nc12. The summed E-state index contributed by atoms with van der Waals surface area (Å²) in [5.41, 5.74) is 3.08. The quantitative estimate of drug-likeness (QED) is 0.256. The maximum Gasteiger partial charge on any atom is 0.264 e. The largest absolute Gasteiger partial charge is 0.379 e. The Morgan fingerprint density at radius 1 is 1.02 bits per heavy atom. The molecule has 3 heterocycles. The Hall–Kier alpha value is -2.96. The van der Waals surface area contributed by atoms with Crippen molar-refractivity contribution in [1.82, 2.24) is 9.88 Å². The first-order valence-electron chi connectivity index (χ1n) is 13.7. The summed E-state index contributed by atoms with van der Waals surface area (Å²) in [6.45, 7) is 4.62. The summed E-state index contributed by atoms with van der Waals surface area (Å²) in [4.78, 5) is 24.1. The summed E-state index contributed by atoms with van der Waals surface area (Å²) in [6, 6.07) is 20.0. The second kappa shape index (κ2) is 12.1. The molecule has 8 nitrogen and oxygen atoms in total. The van der Waals surface area contributed by atoms with Crippen LogP contribution in [0, 0.1) is 0 Å². The number of hydrogen-bond acceptors (Lipinski definition) is 8. The number of amides is 1. The molecule has 3 aromatic carbocycles. The minimum atomic E-state index is -3.76. The Balaban J connectivity index is 1.29. The number of sulfonamides is 1. The zero-order chi connectivity index (χ0) is 28.4. The number of para-hydroxylation sites is 2. The van der Waals surface area contributed by atoms with E-state index in [9.17, 15) is 13.2 Å². The Kier molecular flexibility index (Phi) is 8.32. The number of ether oxygens (including phenoxy) is 1. The molecule has 4 aromatic rings. The number of hydrogen-bond donors (Lipinski definition) is 0. The summed E-state index contributed by atoms with van der Waals surface area (Å²) >= 11 is 3.13. The molecule has 0 saturated carbocycles. The third-order valence-electron chi connectivity index (χ3n) is 7.57. The van der Waals surface area contributed by atoms with E-state index in [-0.39, 0.29) is 10.8 Å². The maximum absolute atomic E-state index is 14.0. The number of rotatable bonds is 8. The second-order valence-electron chi connectivity index (χ2n) is 10.0. The van der Waals surface area contributed by atoms with Crippen LogP contribution in [0.3, 0.4) is 0 Å². The molecular formula is C30H32N4O4S3. The molecule has 2 aliphatic rings. The fourth-order valence-corrected chi connectivity index (χ4v) is 8.53. The van der Waals surface area contributed by atoms with Gasteiger partial charge in [-0.1, -0.05) is 35.6 Å². The van der Waals surface area contributed by atoms with E-state index in [2.05, 4.69) is 4.90 Å². The standard InChI is InChI=1S/C30H32N4O4S3/c1-39-26-9-4-10-27-28(26)31-30(40-27)33(17-16-32-18-20-38-21-19-32)29(35)23-11-13-24(14-12-23)41(36,37)34-15-5-7-22-6-2-3-8-25(22)34/h2-4,6,8-14H,5,7,15-21H2,1H3. The topological polar surface area (TPSA) is 83.0 Å². The first-order valence-corrected chi connectivity index (χ1v) is 17.2. The van der Waals surface area contributed by atoms with Gasteiger partial charge in [0, 0.05) is 43.2 Å². The van der Waals surface area contributed by atoms with Crippen LogP contribution in [0.2, 0.25) is 0 Å². The molecule has 1 fully saturated rings. The average Bonchev–Trinajstić information content (AvgIpc) is 3.45. The van der Waals surface area contributed by atoms with Gasteiger partial charge in [-0.3, -0.25) is 18.9 Å². The van der Waals surface area contributed by atoms with Crippen molar-refractivity contribution >= 4 is 60.1 Å². The van der Waals surface area contributed by atoms with Gasteiger partial charge in [0.15, 0.2) is 5.13 Å². The molecule has 214 valence electrons. The summed E-state index contributed by atoms with van der Waals surface area (Å²) in [6.07, 6.45) is 3.65. The number of carbonyl (C=O) groups excluding carboxylic acids is 1. The van der Waals surface area contributed by atoms with E-state index in [0.29, 0.717) is 43.5 Å². The van der Waals surface area contributed by atoms with Gasteiger partial charge in [0.2, 0.25) is 0 Å². The molecule has 1 aromatic heterocycles. The lowest BCUT2D eigenvalue weighted by atomic mass is 10.0. The van der Waals surface area contributed by atoms with Gasteiger partial charge in [-0.05, 0) is 67.1 Å². The van der Waals surface area contributed by atoms with Crippen molar-refractivity contribution in [2.45, 2.75) is 22.6 Å². The number of fused-ring (bicyclic) bond motifs is 2. The molecule has 41 heavy (non-hydrogen) atoms. The third kappa shape index (κ3) is 5.74. The van der Waals surface area contributed by atoms with Crippen LogP contribution in [-0.4, -0.2) is 76.4 Å². The normalized spacial score (nSPS) is 16.1. The van der Waals surface area contributed by atoms with Gasteiger partial charge in [-0.25, -0.2) is 13.4 Å². The number of morpholine rings is 1. The molecule has 0 spiro atoms. The predicted octanol–water partition coefficient (Wildman–Crippen LogP) is 5.14. The highest BCUT2D eigenvalue weighted by molar-refractivity contribution is 7.98. The van der Waals surface area contributed by atoms with Crippen molar-refractivity contribution in [3.05, 3.63) is 77.9 Å². The van der Waals surface area contributed by atoms with Gasteiger partial charge >= 0.3 is 0 Å². The van der Waals surface area contributed by atoms with Crippen LogP contribution >= 0.6 is 23.1 Å². The maximum atomic E-state index is 14.0. The number of nitrogens with zero attached hydrogens (tertiary/aromatic N) is 4. The number of benzene rings is 3. The van der Waals surface area contributed by atoms with Crippen LogP contribution < -0.4 is 9.21 Å². The Bertz CT molecular complexity index is 1650. The predicted molar refractivity (Wildman–Crippen MR) is 166 cm³/mol. The molecule has 0 N–H and O–H groups in total. The molecule has 6 rings (SSSR count). The molecule has 1 amide bonds. The number of carbonyl (C=O) groups is 1. The number of aryl methyl sites for hydroxylation is 1. The highest BCUT2D eigenvalue weighted by Crippen LogP contribution is 2.35. The van der Waals surface area contributed by atoms with E-state index < -0.39 is 10.0 Å². The Labute approximate surface area is 249 Å². The van der Waals surface area contributed by atoms with Gasteiger partial charge in [-0.15, -0.1) is 11.8 Å². The molecule has 0 atom stereocenters. The second-order valence-corrected chi connectivity index (χ2v) is 13.8. The van der Waals surface area contributed by atoms with E-state index in [0.717, 1.165) is 52.3 Å². The van der Waals surface area contributed by atoms with Crippen LogP contribution in [0.15, 0.2) is 76.5 Å². The van der Waals surface area contributed by atoms with E-state index in [1.54, 1.807) is 40.9 Å². The van der Waals surface area contributed by atoms with E-state index >= 15 is 0 Å². The molecule has 0 radical (unpaired) electrons. The van der Waals surface area contributed by atoms with Gasteiger partial charge < -0.3 is 4.74 Å². The lowest BCUT2D eigenvalue weighted by molar-refractivity contribution is 0.0391. The minimum Gasteiger partial charge on any atom is -0.379 e. The Morgan fingerprint density at radius 2 is 1.80 bits per heavy atom. The molecule has 0 unspecified atom stereocenters. The number of thioether (sulfide) groups is 1. The van der Waals surface area contributed by atoms with Gasteiger partial charge in [0.1, 0.15) is 0 Å². The molecule has 0 aliphatic carbocycles. The van der Waals surface area contributed by atoms with Crippen LogP contribution in [0.5, 0.6) is 0 Å². The molecule has 0 bridgehead atoms. The smallest absolute Gasteiger partial charge is 0.264 e. The van der Waals surface area contributed by atoms with E-state index in [1.165, 1.54) is 15.6 Å². The zero-order valence-electron chi connectivity index (χ0n) is 22.9. The summed E-state index contributed by atoms with van der Waals surface area (Å²) in [7, 11) is -3.76. The van der Waals surface area contributed by atoms with Crippen molar-refractivity contribution in [3.63, 3.8) is 0 Å². The third-order valence-corrected chi connectivity index (χ3v) is 11.2. The summed E-state index contributed by atoms with van der Waals surface area (Å²) < 4.78 is 35.3. The zero-order valence-corrected chi connectivity index (χ0v) is 25.3. The summed E-state index contributed by atoms with van der Waals surface area (Å²) in [5, 5.41) is 0.640. The first kappa shape index (κ1) is 28.2. The van der Waals surface area contributed by atoms with Gasteiger partial charge in [0.25, 0.3) is 15.9 Å². The number of anilines is 2. The monoisotopic (exact) mass is 608 g/mol. The van der Waals surface area contributed by atoms with E-state index in [1.807, 2.05) is 48.7 Å². The van der Waals surface area contributed by atoms with Crippen molar-refractivity contribution in [3.8, 4) is 0 Å². The van der Waals surface area contributed by atoms with Gasteiger partial charge in [-0.2, -0.15) is 0 Å². The minimum absolute atomic E-state index is 0.176. The van der Waals surface area contributed by atoms with Crippen LogP contribution in [0.25, 0.3) is 10.2 Å². The fraction of sp³-hybridized carbons (Fsp3) is 0.333. The number of aromatic nitrogens is 1. The lowest BCUT2D eigenvalue weighted by Gasteiger charge is -2.30. The molecular weight excluding hydrogens is 577 g/mol. The van der Waals surface area contributed by atoms with Crippen molar-refractivity contribution in [2.75, 3.05) is 61.4 Å². The molecule has 1 saturated heterocycles. The van der Waals surface area contributed by atoms with Crippen molar-refractivity contribution < 1.29 is 17.9 Å². The van der Waals surface area contributed by atoms with Crippen LogP contribution in [-0.2, 0) is 21.2 Å². The first-order chi connectivity index (χ1) is 20.0.